The largest absolute Gasteiger partial charge is 0.322 e. The van der Waals surface area contributed by atoms with Crippen LogP contribution >= 0.6 is 27.3 Å². The molecular weight excluding hydrogens is 348 g/mol. The Hall–Kier alpha value is -1.33. The number of amides is 2. The van der Waals surface area contributed by atoms with E-state index in [9.17, 15) is 4.79 Å². The summed E-state index contributed by atoms with van der Waals surface area (Å²) in [7, 11) is 1.80. The van der Waals surface area contributed by atoms with Gasteiger partial charge in [0.2, 0.25) is 0 Å². The molecule has 1 heterocycles. The number of anilines is 1. The highest BCUT2D eigenvalue weighted by Gasteiger charge is 2.10. The minimum atomic E-state index is -0.0947. The van der Waals surface area contributed by atoms with Crippen LogP contribution in [0.4, 0.5) is 10.5 Å². The molecule has 3 nitrogen and oxygen atoms in total. The number of thiophene rings is 1. The number of hydrogen-bond donors (Lipinski definition) is 1. The van der Waals surface area contributed by atoms with Crippen LogP contribution in [0.5, 0.6) is 0 Å². The van der Waals surface area contributed by atoms with Crippen molar-refractivity contribution >= 4 is 39.0 Å². The number of urea groups is 1. The zero-order valence-corrected chi connectivity index (χ0v) is 14.6. The summed E-state index contributed by atoms with van der Waals surface area (Å²) in [5.74, 6) is 0. The first kappa shape index (κ1) is 16.0. The van der Waals surface area contributed by atoms with Gasteiger partial charge in [0.15, 0.2) is 0 Å². The molecule has 5 heteroatoms. The Morgan fingerprint density at radius 1 is 1.24 bits per heavy atom. The summed E-state index contributed by atoms with van der Waals surface area (Å²) in [5.41, 5.74) is 2.13. The summed E-state index contributed by atoms with van der Waals surface area (Å²) in [6.45, 7) is 2.77. The average Bonchev–Trinajstić information content (AvgIpc) is 2.86. The van der Waals surface area contributed by atoms with Crippen molar-refractivity contribution < 1.29 is 4.79 Å². The van der Waals surface area contributed by atoms with Crippen LogP contribution < -0.4 is 5.32 Å². The molecule has 1 aromatic carbocycles. The van der Waals surface area contributed by atoms with Crippen molar-refractivity contribution in [3.05, 3.63) is 50.6 Å². The fourth-order valence-electron chi connectivity index (χ4n) is 2.00. The van der Waals surface area contributed by atoms with Crippen molar-refractivity contribution in [3.63, 3.8) is 0 Å². The van der Waals surface area contributed by atoms with Gasteiger partial charge in [-0.2, -0.15) is 0 Å². The van der Waals surface area contributed by atoms with E-state index < -0.39 is 0 Å². The van der Waals surface area contributed by atoms with Gasteiger partial charge in [0.25, 0.3) is 0 Å². The lowest BCUT2D eigenvalue weighted by atomic mass is 10.1. The molecule has 0 bridgehead atoms. The van der Waals surface area contributed by atoms with E-state index in [1.807, 2.05) is 24.3 Å². The molecule has 112 valence electrons. The Labute approximate surface area is 138 Å². The van der Waals surface area contributed by atoms with E-state index in [0.717, 1.165) is 27.2 Å². The lowest BCUT2D eigenvalue weighted by Crippen LogP contribution is -2.30. The van der Waals surface area contributed by atoms with Gasteiger partial charge in [0.05, 0.1) is 10.3 Å². The molecule has 0 saturated heterocycles. The summed E-state index contributed by atoms with van der Waals surface area (Å²) in [5, 5.41) is 2.92. The molecule has 0 unspecified atom stereocenters. The Kier molecular flexibility index (Phi) is 5.82. The molecule has 21 heavy (non-hydrogen) atoms. The molecule has 0 atom stereocenters. The highest BCUT2D eigenvalue weighted by Crippen LogP contribution is 2.23. The minimum Gasteiger partial charge on any atom is -0.322 e. The third-order valence-electron chi connectivity index (χ3n) is 3.11. The normalized spacial score (nSPS) is 10.4. The van der Waals surface area contributed by atoms with Gasteiger partial charge in [-0.1, -0.05) is 25.5 Å². The van der Waals surface area contributed by atoms with Crippen molar-refractivity contribution in [1.82, 2.24) is 4.90 Å². The van der Waals surface area contributed by atoms with Gasteiger partial charge >= 0.3 is 6.03 Å². The van der Waals surface area contributed by atoms with Crippen LogP contribution in [0.3, 0.4) is 0 Å². The monoisotopic (exact) mass is 366 g/mol. The molecule has 2 rings (SSSR count). The molecule has 0 aliphatic rings. The second-order valence-electron chi connectivity index (χ2n) is 4.94. The summed E-state index contributed by atoms with van der Waals surface area (Å²) in [6, 6.07) is 12.0. The van der Waals surface area contributed by atoms with Gasteiger partial charge in [0, 0.05) is 17.6 Å². The van der Waals surface area contributed by atoms with Crippen LogP contribution in [0.1, 0.15) is 23.8 Å². The van der Waals surface area contributed by atoms with Gasteiger partial charge in [-0.15, -0.1) is 11.3 Å². The number of nitrogens with zero attached hydrogens (tertiary/aromatic N) is 1. The summed E-state index contributed by atoms with van der Waals surface area (Å²) in [4.78, 5) is 15.0. The topological polar surface area (TPSA) is 32.3 Å². The molecule has 0 fully saturated rings. The van der Waals surface area contributed by atoms with E-state index in [4.69, 9.17) is 0 Å². The van der Waals surface area contributed by atoms with E-state index in [1.54, 1.807) is 23.3 Å². The number of nitrogens with one attached hydrogen (secondary N) is 1. The maximum absolute atomic E-state index is 12.1. The van der Waals surface area contributed by atoms with E-state index in [-0.39, 0.29) is 6.03 Å². The van der Waals surface area contributed by atoms with E-state index >= 15 is 0 Å². The number of halogens is 1. The number of carbonyl (C=O) groups excluding carboxylic acids is 1. The summed E-state index contributed by atoms with van der Waals surface area (Å²) < 4.78 is 1.08. The number of rotatable bonds is 5. The molecule has 0 aliphatic carbocycles. The highest BCUT2D eigenvalue weighted by molar-refractivity contribution is 9.11. The fourth-order valence-corrected chi connectivity index (χ4v) is 3.54. The number of aryl methyl sites for hydroxylation is 1. The fraction of sp³-hybridized carbons (Fsp3) is 0.312. The maximum Gasteiger partial charge on any atom is 0.321 e. The number of hydrogen-bond acceptors (Lipinski definition) is 2. The quantitative estimate of drug-likeness (QED) is 0.781. The van der Waals surface area contributed by atoms with Crippen molar-refractivity contribution in [3.8, 4) is 0 Å². The molecule has 0 spiro atoms. The van der Waals surface area contributed by atoms with Crippen molar-refractivity contribution in [1.29, 1.82) is 0 Å². The van der Waals surface area contributed by atoms with Gasteiger partial charge in [-0.3, -0.25) is 0 Å². The predicted octanol–water partition coefficient (Wildman–Crippen LogP) is 5.13. The second kappa shape index (κ2) is 7.61. The van der Waals surface area contributed by atoms with Gasteiger partial charge in [0.1, 0.15) is 0 Å². The van der Waals surface area contributed by atoms with Crippen LogP contribution in [-0.2, 0) is 13.0 Å². The number of carbonyl (C=O) groups is 1. The highest BCUT2D eigenvalue weighted by atomic mass is 79.9. The first-order valence-corrected chi connectivity index (χ1v) is 8.54. The van der Waals surface area contributed by atoms with Crippen LogP contribution in [0.25, 0.3) is 0 Å². The van der Waals surface area contributed by atoms with E-state index in [0.29, 0.717) is 6.54 Å². The molecular formula is C16H19BrN2OS. The van der Waals surface area contributed by atoms with Crippen molar-refractivity contribution in [2.75, 3.05) is 12.4 Å². The Morgan fingerprint density at radius 3 is 2.52 bits per heavy atom. The van der Waals surface area contributed by atoms with Crippen molar-refractivity contribution in [2.24, 2.45) is 0 Å². The Morgan fingerprint density at radius 2 is 1.95 bits per heavy atom. The molecule has 2 aromatic rings. The smallest absolute Gasteiger partial charge is 0.321 e. The minimum absolute atomic E-state index is 0.0947. The second-order valence-corrected chi connectivity index (χ2v) is 7.49. The molecule has 2 amide bonds. The predicted molar refractivity (Wildman–Crippen MR) is 92.9 cm³/mol. The lowest BCUT2D eigenvalue weighted by molar-refractivity contribution is 0.221. The zero-order valence-electron chi connectivity index (χ0n) is 12.2. The third-order valence-corrected chi connectivity index (χ3v) is 4.72. The Balaban J connectivity index is 1.90. The molecule has 0 saturated carbocycles. The van der Waals surface area contributed by atoms with Crippen molar-refractivity contribution in [2.45, 2.75) is 26.3 Å². The Bertz CT molecular complexity index is 595. The van der Waals surface area contributed by atoms with E-state index in [2.05, 4.69) is 40.3 Å². The summed E-state index contributed by atoms with van der Waals surface area (Å²) >= 11 is 5.07. The average molecular weight is 367 g/mol. The molecule has 0 aliphatic heterocycles. The van der Waals surface area contributed by atoms with E-state index in [1.165, 1.54) is 5.56 Å². The zero-order chi connectivity index (χ0) is 15.2. The standard InChI is InChI=1S/C16H19BrN2OS/c1-3-4-12-5-7-13(8-6-12)18-16(20)19(2)11-14-9-10-15(17)21-14/h5-10H,3-4,11H2,1-2H3,(H,18,20). The first-order valence-electron chi connectivity index (χ1n) is 6.93. The number of benzene rings is 1. The van der Waals surface area contributed by atoms with Gasteiger partial charge in [-0.25, -0.2) is 4.79 Å². The molecule has 0 radical (unpaired) electrons. The van der Waals surface area contributed by atoms with Crippen LogP contribution in [0, 0.1) is 0 Å². The van der Waals surface area contributed by atoms with Gasteiger partial charge < -0.3 is 10.2 Å². The SMILES string of the molecule is CCCc1ccc(NC(=O)N(C)Cc2ccc(Br)s2)cc1. The molecule has 1 N–H and O–H groups in total. The summed E-state index contributed by atoms with van der Waals surface area (Å²) in [6.07, 6.45) is 2.20. The lowest BCUT2D eigenvalue weighted by Gasteiger charge is -2.17. The maximum atomic E-state index is 12.1. The third kappa shape index (κ3) is 4.86. The van der Waals surface area contributed by atoms with Crippen LogP contribution in [0.2, 0.25) is 0 Å². The van der Waals surface area contributed by atoms with Gasteiger partial charge in [-0.05, 0) is 52.2 Å². The van der Waals surface area contributed by atoms with Crippen LogP contribution in [-0.4, -0.2) is 18.0 Å². The first-order chi connectivity index (χ1) is 10.1. The van der Waals surface area contributed by atoms with Crippen LogP contribution in [0.15, 0.2) is 40.2 Å². The molecule has 1 aromatic heterocycles.